The number of benzene rings is 2. The molecule has 1 aliphatic rings. The van der Waals surface area contributed by atoms with Gasteiger partial charge < -0.3 is 9.80 Å². The van der Waals surface area contributed by atoms with Gasteiger partial charge in [0.2, 0.25) is 5.95 Å². The van der Waals surface area contributed by atoms with Crippen LogP contribution in [0.1, 0.15) is 72.5 Å². The van der Waals surface area contributed by atoms with Crippen molar-refractivity contribution in [2.45, 2.75) is 79.7 Å². The Morgan fingerprint density at radius 2 is 1.59 bits per heavy atom. The lowest BCUT2D eigenvalue weighted by Crippen LogP contribution is -2.25. The zero-order valence-electron chi connectivity index (χ0n) is 21.7. The first kappa shape index (κ1) is 24.3. The lowest BCUT2D eigenvalue weighted by Gasteiger charge is -2.28. The molecule has 4 nitrogen and oxygen atoms in total. The minimum atomic E-state index is 0.751. The van der Waals surface area contributed by atoms with Crippen LogP contribution in [-0.4, -0.2) is 23.1 Å². The van der Waals surface area contributed by atoms with Crippen LogP contribution in [0.4, 0.5) is 17.5 Å². The second kappa shape index (κ2) is 11.0. The summed E-state index contributed by atoms with van der Waals surface area (Å²) >= 11 is 0. The summed E-state index contributed by atoms with van der Waals surface area (Å²) in [6, 6.07) is 15.2. The molecule has 0 radical (unpaired) electrons. The lowest BCUT2D eigenvalue weighted by atomic mass is 10.0. The minimum Gasteiger partial charge on any atom is -0.356 e. The molecule has 0 spiro atoms. The van der Waals surface area contributed by atoms with Crippen LogP contribution in [-0.2, 0) is 13.0 Å². The molecule has 0 fully saturated rings. The van der Waals surface area contributed by atoms with Crippen LogP contribution in [0, 0.1) is 27.7 Å². The van der Waals surface area contributed by atoms with Crippen molar-refractivity contribution in [3.05, 3.63) is 76.0 Å². The van der Waals surface area contributed by atoms with Crippen LogP contribution < -0.4 is 9.80 Å². The van der Waals surface area contributed by atoms with Gasteiger partial charge in [0.05, 0.1) is 12.2 Å². The molecule has 1 aliphatic heterocycles. The summed E-state index contributed by atoms with van der Waals surface area (Å²) in [5.74, 6) is 1.96. The number of aryl methyl sites for hydroxylation is 4. The minimum absolute atomic E-state index is 0.751. The molecule has 0 saturated heterocycles. The molecule has 34 heavy (non-hydrogen) atoms. The van der Waals surface area contributed by atoms with Crippen molar-refractivity contribution in [1.82, 2.24) is 9.97 Å². The Morgan fingerprint density at radius 3 is 2.29 bits per heavy atom. The number of fused-ring (bicyclic) bond motifs is 1. The predicted molar refractivity (Wildman–Crippen MR) is 144 cm³/mol. The van der Waals surface area contributed by atoms with E-state index in [4.69, 9.17) is 9.97 Å². The Hall–Kier alpha value is -2.88. The summed E-state index contributed by atoms with van der Waals surface area (Å²) in [7, 11) is 0. The second-order valence-electron chi connectivity index (χ2n) is 9.88. The number of hydrogen-bond donors (Lipinski definition) is 0. The first-order valence-electron chi connectivity index (χ1n) is 13.0. The van der Waals surface area contributed by atoms with Gasteiger partial charge in [0.15, 0.2) is 0 Å². The molecule has 0 aliphatic carbocycles. The Kier molecular flexibility index (Phi) is 7.87. The van der Waals surface area contributed by atoms with Crippen LogP contribution in [0.15, 0.2) is 42.5 Å². The maximum absolute atomic E-state index is 5.23. The quantitative estimate of drug-likeness (QED) is 0.298. The molecule has 0 N–H and O–H groups in total. The third kappa shape index (κ3) is 5.43. The third-order valence-corrected chi connectivity index (χ3v) is 6.97. The van der Waals surface area contributed by atoms with Crippen LogP contribution in [0.2, 0.25) is 0 Å². The van der Waals surface area contributed by atoms with Crippen molar-refractivity contribution in [3.63, 3.8) is 0 Å². The van der Waals surface area contributed by atoms with Crippen molar-refractivity contribution >= 4 is 17.5 Å². The molecular formula is C30H40N4. The standard InChI is InChI=1S/C30H40N4/c1-6-7-8-9-13-17-33-18-16-27-25(5)31-30(32-29(27)33)34(21-26-14-11-10-12-15-26)28-23(3)19-22(2)20-24(28)4/h10-12,14-15,19-20H,6-9,13,16-18,21H2,1-5H3. The van der Waals surface area contributed by atoms with Crippen molar-refractivity contribution in [2.75, 3.05) is 22.9 Å². The summed E-state index contributed by atoms with van der Waals surface area (Å²) in [4.78, 5) is 15.1. The normalized spacial score (nSPS) is 12.8. The molecule has 0 unspecified atom stereocenters. The number of nitrogens with zero attached hydrogens (tertiary/aromatic N) is 4. The topological polar surface area (TPSA) is 32.3 Å². The van der Waals surface area contributed by atoms with Crippen molar-refractivity contribution in [3.8, 4) is 0 Å². The average molecular weight is 457 g/mol. The smallest absolute Gasteiger partial charge is 0.232 e. The van der Waals surface area contributed by atoms with E-state index in [0.717, 1.165) is 43.5 Å². The Bertz CT molecular complexity index is 1080. The van der Waals surface area contributed by atoms with Crippen molar-refractivity contribution < 1.29 is 0 Å². The van der Waals surface area contributed by atoms with Gasteiger partial charge in [0.1, 0.15) is 5.82 Å². The van der Waals surface area contributed by atoms with Gasteiger partial charge in [0, 0.05) is 24.3 Å². The van der Waals surface area contributed by atoms with Crippen LogP contribution in [0.3, 0.4) is 0 Å². The fourth-order valence-electron chi connectivity index (χ4n) is 5.33. The molecule has 0 amide bonds. The highest BCUT2D eigenvalue weighted by molar-refractivity contribution is 5.69. The highest BCUT2D eigenvalue weighted by Gasteiger charge is 2.26. The van der Waals surface area contributed by atoms with E-state index in [1.807, 2.05) is 0 Å². The fourth-order valence-corrected chi connectivity index (χ4v) is 5.33. The number of anilines is 3. The Balaban J connectivity index is 1.70. The van der Waals surface area contributed by atoms with Gasteiger partial charge in [-0.3, -0.25) is 0 Å². The van der Waals surface area contributed by atoms with E-state index in [-0.39, 0.29) is 0 Å². The van der Waals surface area contributed by atoms with E-state index in [2.05, 4.69) is 86.9 Å². The van der Waals surface area contributed by atoms with E-state index in [0.29, 0.717) is 0 Å². The highest BCUT2D eigenvalue weighted by atomic mass is 15.3. The van der Waals surface area contributed by atoms with E-state index >= 15 is 0 Å². The summed E-state index contributed by atoms with van der Waals surface area (Å²) in [6.45, 7) is 13.9. The van der Waals surface area contributed by atoms with Crippen molar-refractivity contribution in [1.29, 1.82) is 0 Å². The van der Waals surface area contributed by atoms with E-state index in [1.165, 1.54) is 65.6 Å². The largest absolute Gasteiger partial charge is 0.356 e. The number of aromatic nitrogens is 2. The SMILES string of the molecule is CCCCCCCN1CCc2c(C)nc(N(Cc3ccccc3)c3c(C)cc(C)cc3C)nc21. The first-order chi connectivity index (χ1) is 16.5. The summed E-state index contributed by atoms with van der Waals surface area (Å²) in [5, 5.41) is 0. The third-order valence-electron chi connectivity index (χ3n) is 6.97. The average Bonchev–Trinajstić information content (AvgIpc) is 3.22. The highest BCUT2D eigenvalue weighted by Crippen LogP contribution is 2.36. The maximum Gasteiger partial charge on any atom is 0.232 e. The molecule has 2 aromatic carbocycles. The van der Waals surface area contributed by atoms with Crippen LogP contribution >= 0.6 is 0 Å². The summed E-state index contributed by atoms with van der Waals surface area (Å²) in [5.41, 5.74) is 8.75. The van der Waals surface area contributed by atoms with Gasteiger partial charge in [-0.15, -0.1) is 0 Å². The lowest BCUT2D eigenvalue weighted by molar-refractivity contribution is 0.621. The van der Waals surface area contributed by atoms with Crippen LogP contribution in [0.5, 0.6) is 0 Å². The fraction of sp³-hybridized carbons (Fsp3) is 0.467. The molecule has 2 heterocycles. The van der Waals surface area contributed by atoms with E-state index in [1.54, 1.807) is 0 Å². The first-order valence-corrected chi connectivity index (χ1v) is 13.0. The predicted octanol–water partition coefficient (Wildman–Crippen LogP) is 7.38. The molecule has 180 valence electrons. The number of hydrogen-bond acceptors (Lipinski definition) is 4. The van der Waals surface area contributed by atoms with Gasteiger partial charge in [-0.2, -0.15) is 4.98 Å². The zero-order chi connectivity index (χ0) is 24.1. The molecular weight excluding hydrogens is 416 g/mol. The molecule has 4 rings (SSSR count). The molecule has 1 aromatic heterocycles. The van der Waals surface area contributed by atoms with Crippen LogP contribution in [0.25, 0.3) is 0 Å². The van der Waals surface area contributed by atoms with Crippen molar-refractivity contribution in [2.24, 2.45) is 0 Å². The van der Waals surface area contributed by atoms with Gasteiger partial charge >= 0.3 is 0 Å². The van der Waals surface area contributed by atoms with Gasteiger partial charge in [-0.25, -0.2) is 4.98 Å². The summed E-state index contributed by atoms with van der Waals surface area (Å²) < 4.78 is 0. The van der Waals surface area contributed by atoms with E-state index < -0.39 is 0 Å². The maximum atomic E-state index is 5.23. The van der Waals surface area contributed by atoms with Gasteiger partial charge in [-0.1, -0.05) is 80.6 Å². The van der Waals surface area contributed by atoms with E-state index in [9.17, 15) is 0 Å². The van der Waals surface area contributed by atoms with Gasteiger partial charge in [-0.05, 0) is 57.2 Å². The number of unbranched alkanes of at least 4 members (excludes halogenated alkanes) is 4. The van der Waals surface area contributed by atoms with Gasteiger partial charge in [0.25, 0.3) is 0 Å². The monoisotopic (exact) mass is 456 g/mol. The molecule has 0 saturated carbocycles. The molecule has 3 aromatic rings. The second-order valence-corrected chi connectivity index (χ2v) is 9.88. The Labute approximate surface area is 206 Å². The zero-order valence-corrected chi connectivity index (χ0v) is 21.7. The molecule has 0 bridgehead atoms. The molecule has 0 atom stereocenters. The summed E-state index contributed by atoms with van der Waals surface area (Å²) in [6.07, 6.45) is 7.56. The molecule has 4 heteroatoms. The Morgan fingerprint density at radius 1 is 0.882 bits per heavy atom. The number of rotatable bonds is 10.